The van der Waals surface area contributed by atoms with Crippen LogP contribution in [0.3, 0.4) is 0 Å². The van der Waals surface area contributed by atoms with Gasteiger partial charge in [-0.1, -0.05) is 0 Å². The fraction of sp³-hybridized carbons (Fsp3) is 0.625. The van der Waals surface area contributed by atoms with Gasteiger partial charge in [0.05, 0.1) is 17.3 Å². The summed E-state index contributed by atoms with van der Waals surface area (Å²) < 4.78 is 5.18. The molecule has 3 nitrogen and oxygen atoms in total. The minimum absolute atomic E-state index is 0.448. The molecule has 1 aromatic rings. The van der Waals surface area contributed by atoms with Gasteiger partial charge in [0.15, 0.2) is 0 Å². The van der Waals surface area contributed by atoms with E-state index in [2.05, 4.69) is 15.3 Å². The second-order valence-corrected chi connectivity index (χ2v) is 3.75. The Balaban J connectivity index is 1.77. The van der Waals surface area contributed by atoms with E-state index in [9.17, 15) is 0 Å². The Kier molecular flexibility index (Phi) is 2.39. The quantitative estimate of drug-likeness (QED) is 0.700. The number of hydrogen-bond donors (Lipinski definition) is 0. The van der Waals surface area contributed by atoms with Gasteiger partial charge < -0.3 is 4.74 Å². The molecule has 0 unspecified atom stereocenters. The van der Waals surface area contributed by atoms with E-state index < -0.39 is 0 Å². The summed E-state index contributed by atoms with van der Waals surface area (Å²) in [5.74, 6) is 0. The predicted molar refractivity (Wildman–Crippen MR) is 48.2 cm³/mol. The van der Waals surface area contributed by atoms with Crippen LogP contribution in [-0.2, 0) is 11.3 Å². The van der Waals surface area contributed by atoms with Gasteiger partial charge in [-0.05, 0) is 0 Å². The van der Waals surface area contributed by atoms with Gasteiger partial charge in [-0.15, -0.1) is 11.3 Å². The molecule has 0 spiro atoms. The topological polar surface area (TPSA) is 25.4 Å². The molecule has 2 rings (SSSR count). The van der Waals surface area contributed by atoms with E-state index in [1.165, 1.54) is 5.69 Å². The molecule has 0 aliphatic carbocycles. The number of aromatic nitrogens is 1. The molecule has 0 N–H and O–H groups in total. The van der Waals surface area contributed by atoms with Crippen LogP contribution < -0.4 is 0 Å². The summed E-state index contributed by atoms with van der Waals surface area (Å²) in [4.78, 5) is 6.56. The summed E-state index contributed by atoms with van der Waals surface area (Å²) in [6.07, 6.45) is 0.448. The zero-order valence-corrected chi connectivity index (χ0v) is 7.88. The number of rotatable bonds is 3. The SMILES string of the molecule is COC1CN(Cc2cscn2)C1. The van der Waals surface area contributed by atoms with Crippen molar-refractivity contribution in [2.75, 3.05) is 20.2 Å². The minimum atomic E-state index is 0.448. The third kappa shape index (κ3) is 1.65. The Hall–Kier alpha value is -0.450. The third-order valence-corrected chi connectivity index (χ3v) is 2.76. The van der Waals surface area contributed by atoms with Gasteiger partial charge in [0.2, 0.25) is 0 Å². The summed E-state index contributed by atoms with van der Waals surface area (Å²) in [5, 5.41) is 2.10. The van der Waals surface area contributed by atoms with E-state index in [4.69, 9.17) is 4.74 Å². The third-order valence-electron chi connectivity index (χ3n) is 2.13. The molecule has 0 radical (unpaired) electrons. The highest BCUT2D eigenvalue weighted by Gasteiger charge is 2.26. The zero-order valence-electron chi connectivity index (χ0n) is 7.06. The minimum Gasteiger partial charge on any atom is -0.379 e. The van der Waals surface area contributed by atoms with Crippen LogP contribution in [-0.4, -0.2) is 36.2 Å². The molecule has 1 saturated heterocycles. The highest BCUT2D eigenvalue weighted by molar-refractivity contribution is 7.07. The lowest BCUT2D eigenvalue weighted by atomic mass is 10.1. The van der Waals surface area contributed by atoms with Gasteiger partial charge in [0.25, 0.3) is 0 Å². The van der Waals surface area contributed by atoms with E-state index in [1.54, 1.807) is 18.4 Å². The molecule has 0 amide bonds. The van der Waals surface area contributed by atoms with E-state index in [-0.39, 0.29) is 0 Å². The molecular formula is C8H12N2OS. The van der Waals surface area contributed by atoms with Crippen LogP contribution in [0.15, 0.2) is 10.9 Å². The molecule has 1 aliphatic heterocycles. The molecule has 0 bridgehead atoms. The first kappa shape index (κ1) is 8.16. The first-order valence-corrected chi connectivity index (χ1v) is 4.95. The number of likely N-dealkylation sites (tertiary alicyclic amines) is 1. The fourth-order valence-corrected chi connectivity index (χ4v) is 1.89. The molecule has 0 atom stereocenters. The van der Waals surface area contributed by atoms with Crippen molar-refractivity contribution in [1.82, 2.24) is 9.88 Å². The van der Waals surface area contributed by atoms with Crippen LogP contribution in [0.25, 0.3) is 0 Å². The van der Waals surface area contributed by atoms with Gasteiger partial charge in [-0.3, -0.25) is 4.90 Å². The molecule has 2 heterocycles. The Morgan fingerprint density at radius 1 is 1.75 bits per heavy atom. The van der Waals surface area contributed by atoms with Crippen molar-refractivity contribution in [3.63, 3.8) is 0 Å². The smallest absolute Gasteiger partial charge is 0.0825 e. The van der Waals surface area contributed by atoms with Crippen molar-refractivity contribution < 1.29 is 4.74 Å². The Bertz CT molecular complexity index is 231. The van der Waals surface area contributed by atoms with Gasteiger partial charge in [-0.2, -0.15) is 0 Å². The Morgan fingerprint density at radius 3 is 3.17 bits per heavy atom. The number of hydrogen-bond acceptors (Lipinski definition) is 4. The van der Waals surface area contributed by atoms with Crippen LogP contribution in [0.5, 0.6) is 0 Å². The second-order valence-electron chi connectivity index (χ2n) is 3.03. The first-order valence-electron chi connectivity index (χ1n) is 4.00. The van der Waals surface area contributed by atoms with E-state index >= 15 is 0 Å². The Labute approximate surface area is 76.0 Å². The lowest BCUT2D eigenvalue weighted by molar-refractivity contribution is -0.0338. The van der Waals surface area contributed by atoms with Gasteiger partial charge in [-0.25, -0.2) is 4.98 Å². The van der Waals surface area contributed by atoms with Crippen molar-refractivity contribution in [1.29, 1.82) is 0 Å². The van der Waals surface area contributed by atoms with Gasteiger partial charge in [0.1, 0.15) is 0 Å². The zero-order chi connectivity index (χ0) is 8.39. The summed E-state index contributed by atoms with van der Waals surface area (Å²) >= 11 is 1.65. The molecule has 0 aromatic carbocycles. The van der Waals surface area contributed by atoms with E-state index in [1.807, 2.05) is 5.51 Å². The fourth-order valence-electron chi connectivity index (χ4n) is 1.35. The Morgan fingerprint density at radius 2 is 2.58 bits per heavy atom. The summed E-state index contributed by atoms with van der Waals surface area (Å²) in [6, 6.07) is 0. The maximum Gasteiger partial charge on any atom is 0.0825 e. The molecule has 1 aromatic heterocycles. The summed E-state index contributed by atoms with van der Waals surface area (Å²) in [5.41, 5.74) is 3.05. The normalized spacial score (nSPS) is 19.4. The molecule has 0 saturated carbocycles. The van der Waals surface area contributed by atoms with Gasteiger partial charge >= 0.3 is 0 Å². The number of methoxy groups -OCH3 is 1. The number of thiazole rings is 1. The van der Waals surface area contributed by atoms with Gasteiger partial charge in [0, 0.05) is 32.1 Å². The number of ether oxygens (including phenoxy) is 1. The van der Waals surface area contributed by atoms with Crippen LogP contribution in [0.2, 0.25) is 0 Å². The molecule has 12 heavy (non-hydrogen) atoms. The summed E-state index contributed by atoms with van der Waals surface area (Å²) in [7, 11) is 1.77. The molecule has 1 aliphatic rings. The highest BCUT2D eigenvalue weighted by atomic mass is 32.1. The summed E-state index contributed by atoms with van der Waals surface area (Å²) in [6.45, 7) is 3.07. The average Bonchev–Trinajstić information content (AvgIpc) is 2.47. The van der Waals surface area contributed by atoms with Crippen LogP contribution in [0.4, 0.5) is 0 Å². The lowest BCUT2D eigenvalue weighted by Crippen LogP contribution is -2.50. The maximum absolute atomic E-state index is 5.18. The highest BCUT2D eigenvalue weighted by Crippen LogP contribution is 2.14. The molecule has 66 valence electrons. The largest absolute Gasteiger partial charge is 0.379 e. The predicted octanol–water partition coefficient (Wildman–Crippen LogP) is 0.974. The van der Waals surface area contributed by atoms with Crippen molar-refractivity contribution in [2.24, 2.45) is 0 Å². The van der Waals surface area contributed by atoms with Crippen LogP contribution >= 0.6 is 11.3 Å². The van der Waals surface area contributed by atoms with Crippen LogP contribution in [0, 0.1) is 0 Å². The molecular weight excluding hydrogens is 172 g/mol. The van der Waals surface area contributed by atoms with E-state index in [0.717, 1.165) is 19.6 Å². The van der Waals surface area contributed by atoms with E-state index in [0.29, 0.717) is 6.10 Å². The van der Waals surface area contributed by atoms with Crippen LogP contribution in [0.1, 0.15) is 5.69 Å². The maximum atomic E-state index is 5.18. The van der Waals surface area contributed by atoms with Crippen molar-refractivity contribution in [3.05, 3.63) is 16.6 Å². The average molecular weight is 184 g/mol. The standard InChI is InChI=1S/C8H12N2OS/c1-11-8-3-10(4-8)2-7-5-12-6-9-7/h5-6,8H,2-4H2,1H3. The van der Waals surface area contributed by atoms with Crippen molar-refractivity contribution in [2.45, 2.75) is 12.6 Å². The molecule has 1 fully saturated rings. The van der Waals surface area contributed by atoms with Crippen molar-refractivity contribution >= 4 is 11.3 Å². The molecule has 4 heteroatoms. The number of nitrogens with zero attached hydrogens (tertiary/aromatic N) is 2. The monoisotopic (exact) mass is 184 g/mol. The first-order chi connectivity index (χ1) is 5.88. The second kappa shape index (κ2) is 3.51. The lowest BCUT2D eigenvalue weighted by Gasteiger charge is -2.37. The van der Waals surface area contributed by atoms with Crippen molar-refractivity contribution in [3.8, 4) is 0 Å².